The summed E-state index contributed by atoms with van der Waals surface area (Å²) < 4.78 is 5.70. The molecule has 1 N–H and O–H groups in total. The predicted molar refractivity (Wildman–Crippen MR) is 73.3 cm³/mol. The molecule has 1 fully saturated rings. The van der Waals surface area contributed by atoms with Crippen LogP contribution < -0.4 is 10.1 Å². The lowest BCUT2D eigenvalue weighted by atomic mass is 10.1. The van der Waals surface area contributed by atoms with Crippen molar-refractivity contribution in [3.63, 3.8) is 0 Å². The van der Waals surface area contributed by atoms with Gasteiger partial charge in [0.25, 0.3) is 0 Å². The summed E-state index contributed by atoms with van der Waals surface area (Å²) in [5.41, 5.74) is 1.05. The molecule has 0 spiro atoms. The van der Waals surface area contributed by atoms with Crippen molar-refractivity contribution >= 4 is 5.69 Å². The zero-order valence-corrected chi connectivity index (χ0v) is 11.2. The number of nitro benzene ring substituents is 1. The third-order valence-corrected chi connectivity index (χ3v) is 3.55. The number of hydrogen-bond acceptors (Lipinski definition) is 4. The standard InChI is InChI=1S/C14H20N2O3/c1-15-9-12-6-7-13(16(17)18)14(8-12)19-10-11-4-2-3-5-11/h6-8,11,15H,2-5,9-10H2,1H3. The minimum Gasteiger partial charge on any atom is -0.487 e. The van der Waals surface area contributed by atoms with Gasteiger partial charge in [-0.05, 0) is 37.4 Å². The molecule has 1 saturated carbocycles. The molecule has 0 heterocycles. The molecule has 1 aromatic rings. The highest BCUT2D eigenvalue weighted by Gasteiger charge is 2.19. The Morgan fingerprint density at radius 2 is 2.16 bits per heavy atom. The van der Waals surface area contributed by atoms with Crippen LogP contribution in [0.5, 0.6) is 5.75 Å². The summed E-state index contributed by atoms with van der Waals surface area (Å²) in [6.45, 7) is 1.27. The van der Waals surface area contributed by atoms with Crippen LogP contribution in [-0.2, 0) is 6.54 Å². The molecular weight excluding hydrogens is 244 g/mol. The summed E-state index contributed by atoms with van der Waals surface area (Å²) in [4.78, 5) is 10.6. The maximum atomic E-state index is 11.0. The molecule has 0 aromatic heterocycles. The zero-order valence-electron chi connectivity index (χ0n) is 11.2. The number of hydrogen-bond donors (Lipinski definition) is 1. The molecule has 5 nitrogen and oxygen atoms in total. The molecule has 104 valence electrons. The number of nitrogens with one attached hydrogen (secondary N) is 1. The van der Waals surface area contributed by atoms with Crippen LogP contribution in [0.1, 0.15) is 31.2 Å². The van der Waals surface area contributed by atoms with E-state index < -0.39 is 0 Å². The van der Waals surface area contributed by atoms with E-state index in [4.69, 9.17) is 4.74 Å². The molecule has 0 amide bonds. The summed E-state index contributed by atoms with van der Waals surface area (Å²) in [5.74, 6) is 0.942. The fourth-order valence-corrected chi connectivity index (χ4v) is 2.52. The molecule has 1 aliphatic rings. The van der Waals surface area contributed by atoms with E-state index in [2.05, 4.69) is 5.32 Å². The van der Waals surface area contributed by atoms with Gasteiger partial charge in [-0.3, -0.25) is 10.1 Å². The van der Waals surface area contributed by atoms with Gasteiger partial charge < -0.3 is 10.1 Å². The van der Waals surface area contributed by atoms with E-state index in [0.717, 1.165) is 5.56 Å². The van der Waals surface area contributed by atoms with E-state index in [-0.39, 0.29) is 10.6 Å². The van der Waals surface area contributed by atoms with Gasteiger partial charge in [0.05, 0.1) is 11.5 Å². The predicted octanol–water partition coefficient (Wildman–Crippen LogP) is 2.88. The third kappa shape index (κ3) is 3.67. The van der Waals surface area contributed by atoms with Crippen molar-refractivity contribution in [2.45, 2.75) is 32.2 Å². The molecule has 0 aliphatic heterocycles. The van der Waals surface area contributed by atoms with E-state index in [9.17, 15) is 10.1 Å². The van der Waals surface area contributed by atoms with E-state index in [1.54, 1.807) is 12.1 Å². The third-order valence-electron chi connectivity index (χ3n) is 3.55. The fourth-order valence-electron chi connectivity index (χ4n) is 2.52. The van der Waals surface area contributed by atoms with Gasteiger partial charge in [0.15, 0.2) is 5.75 Å². The molecule has 19 heavy (non-hydrogen) atoms. The Kier molecular flexibility index (Phi) is 4.74. The summed E-state index contributed by atoms with van der Waals surface area (Å²) in [6.07, 6.45) is 4.83. The van der Waals surface area contributed by atoms with Crippen LogP contribution in [0.25, 0.3) is 0 Å². The van der Waals surface area contributed by atoms with Crippen LogP contribution >= 0.6 is 0 Å². The van der Waals surface area contributed by atoms with Crippen molar-refractivity contribution in [1.29, 1.82) is 0 Å². The van der Waals surface area contributed by atoms with Gasteiger partial charge in [0.2, 0.25) is 0 Å². The summed E-state index contributed by atoms with van der Waals surface area (Å²) in [7, 11) is 1.85. The van der Waals surface area contributed by atoms with Crippen molar-refractivity contribution in [2.75, 3.05) is 13.7 Å². The molecule has 0 saturated heterocycles. The number of ether oxygens (including phenoxy) is 1. The van der Waals surface area contributed by atoms with Gasteiger partial charge >= 0.3 is 5.69 Å². The van der Waals surface area contributed by atoms with Crippen LogP contribution in [-0.4, -0.2) is 18.6 Å². The average molecular weight is 264 g/mol. The van der Waals surface area contributed by atoms with Crippen molar-refractivity contribution < 1.29 is 9.66 Å². The number of nitro groups is 1. The Labute approximate surface area is 113 Å². The first kappa shape index (κ1) is 13.8. The summed E-state index contributed by atoms with van der Waals surface area (Å²) >= 11 is 0. The van der Waals surface area contributed by atoms with Gasteiger partial charge in [0.1, 0.15) is 0 Å². The highest BCUT2D eigenvalue weighted by molar-refractivity contribution is 5.48. The Hall–Kier alpha value is -1.62. The SMILES string of the molecule is CNCc1ccc([N+](=O)[O-])c(OCC2CCCC2)c1. The lowest BCUT2D eigenvalue weighted by Gasteiger charge is -2.12. The highest BCUT2D eigenvalue weighted by atomic mass is 16.6. The van der Waals surface area contributed by atoms with Gasteiger partial charge in [-0.15, -0.1) is 0 Å². The molecule has 2 rings (SSSR count). The smallest absolute Gasteiger partial charge is 0.310 e. The molecule has 1 aliphatic carbocycles. The van der Waals surface area contributed by atoms with Crippen LogP contribution in [0, 0.1) is 16.0 Å². The van der Waals surface area contributed by atoms with E-state index in [1.807, 2.05) is 7.05 Å². The molecule has 1 aromatic carbocycles. The second-order valence-corrected chi connectivity index (χ2v) is 5.05. The maximum Gasteiger partial charge on any atom is 0.310 e. The Bertz CT molecular complexity index is 442. The minimum absolute atomic E-state index is 0.0536. The van der Waals surface area contributed by atoms with Crippen LogP contribution in [0.2, 0.25) is 0 Å². The summed E-state index contributed by atoms with van der Waals surface area (Å²) in [6, 6.07) is 5.05. The molecule has 0 atom stereocenters. The molecule has 5 heteroatoms. The lowest BCUT2D eigenvalue weighted by molar-refractivity contribution is -0.385. The second-order valence-electron chi connectivity index (χ2n) is 5.05. The van der Waals surface area contributed by atoms with Gasteiger partial charge in [-0.2, -0.15) is 0 Å². The molecular formula is C14H20N2O3. The zero-order chi connectivity index (χ0) is 13.7. The van der Waals surface area contributed by atoms with Gasteiger partial charge in [0, 0.05) is 12.6 Å². The van der Waals surface area contributed by atoms with Gasteiger partial charge in [-0.1, -0.05) is 18.9 Å². The van der Waals surface area contributed by atoms with Crippen LogP contribution in [0.3, 0.4) is 0 Å². The van der Waals surface area contributed by atoms with Gasteiger partial charge in [-0.25, -0.2) is 0 Å². The average Bonchev–Trinajstić information content (AvgIpc) is 2.89. The normalized spacial score (nSPS) is 15.6. The van der Waals surface area contributed by atoms with Crippen molar-refractivity contribution in [2.24, 2.45) is 5.92 Å². The van der Waals surface area contributed by atoms with Crippen LogP contribution in [0.4, 0.5) is 5.69 Å². The fraction of sp³-hybridized carbons (Fsp3) is 0.571. The van der Waals surface area contributed by atoms with E-state index in [1.165, 1.54) is 31.7 Å². The van der Waals surface area contributed by atoms with Crippen molar-refractivity contribution in [3.8, 4) is 5.75 Å². The monoisotopic (exact) mass is 264 g/mol. The Balaban J connectivity index is 2.09. The maximum absolute atomic E-state index is 11.0. The second kappa shape index (κ2) is 6.52. The first-order valence-electron chi connectivity index (χ1n) is 6.75. The largest absolute Gasteiger partial charge is 0.487 e. The van der Waals surface area contributed by atoms with E-state index >= 15 is 0 Å². The molecule has 0 bridgehead atoms. The number of rotatable bonds is 6. The quantitative estimate of drug-likeness (QED) is 0.634. The van der Waals surface area contributed by atoms with Crippen molar-refractivity contribution in [3.05, 3.63) is 33.9 Å². The first-order valence-corrected chi connectivity index (χ1v) is 6.75. The number of benzene rings is 1. The first-order chi connectivity index (χ1) is 9.20. The Morgan fingerprint density at radius 1 is 1.42 bits per heavy atom. The topological polar surface area (TPSA) is 64.4 Å². The minimum atomic E-state index is -0.382. The lowest BCUT2D eigenvalue weighted by Crippen LogP contribution is -2.10. The van der Waals surface area contributed by atoms with Crippen molar-refractivity contribution in [1.82, 2.24) is 5.32 Å². The summed E-state index contributed by atoms with van der Waals surface area (Å²) in [5, 5.41) is 14.0. The van der Waals surface area contributed by atoms with Crippen LogP contribution in [0.15, 0.2) is 18.2 Å². The van der Waals surface area contributed by atoms with E-state index in [0.29, 0.717) is 24.8 Å². The Morgan fingerprint density at radius 3 is 2.79 bits per heavy atom. The highest BCUT2D eigenvalue weighted by Crippen LogP contribution is 2.31. The molecule has 0 radical (unpaired) electrons. The number of nitrogens with zero attached hydrogens (tertiary/aromatic N) is 1. The molecule has 0 unspecified atom stereocenters.